The van der Waals surface area contributed by atoms with Gasteiger partial charge in [-0.2, -0.15) is 0 Å². The first kappa shape index (κ1) is 17.6. The molecule has 7 nitrogen and oxygen atoms in total. The summed E-state index contributed by atoms with van der Waals surface area (Å²) in [5.41, 5.74) is 3.35. The van der Waals surface area contributed by atoms with E-state index < -0.39 is 6.10 Å². The van der Waals surface area contributed by atoms with E-state index in [1.54, 1.807) is 30.4 Å². The lowest BCUT2D eigenvalue weighted by Crippen LogP contribution is -2.38. The molecule has 1 atom stereocenters. The Bertz CT molecular complexity index is 1050. The van der Waals surface area contributed by atoms with Crippen LogP contribution in [0.1, 0.15) is 17.2 Å². The van der Waals surface area contributed by atoms with E-state index >= 15 is 0 Å². The van der Waals surface area contributed by atoms with Gasteiger partial charge in [-0.3, -0.25) is 14.0 Å². The monoisotopic (exact) mass is 369 g/mol. The fraction of sp³-hybridized carbons (Fsp3) is 0.350. The number of fused-ring (bicyclic) bond motifs is 2. The normalized spacial score (nSPS) is 17.1. The van der Waals surface area contributed by atoms with E-state index in [4.69, 9.17) is 9.47 Å². The standard InChI is InChI=1S/C20H23N3O4/c1-21-14-6-4-5-7-15(14)23(20(21)25)12-22-10-13-17(26-2)8-9-18(27-3)19(13)16(24)11-22/h4-9,16,24H,10-12H2,1-3H3/t16-/m1/s1. The van der Waals surface area contributed by atoms with Gasteiger partial charge in [0.25, 0.3) is 0 Å². The maximum absolute atomic E-state index is 12.7. The van der Waals surface area contributed by atoms with E-state index in [9.17, 15) is 9.90 Å². The van der Waals surface area contributed by atoms with Crippen molar-refractivity contribution in [3.63, 3.8) is 0 Å². The Kier molecular flexibility index (Phi) is 4.41. The van der Waals surface area contributed by atoms with Crippen LogP contribution in [0.15, 0.2) is 41.2 Å². The Balaban J connectivity index is 1.73. The van der Waals surface area contributed by atoms with Crippen molar-refractivity contribution < 1.29 is 14.6 Å². The second-order valence-electron chi connectivity index (χ2n) is 6.79. The van der Waals surface area contributed by atoms with E-state index in [0.29, 0.717) is 31.3 Å². The lowest BCUT2D eigenvalue weighted by atomic mass is 9.95. The van der Waals surface area contributed by atoms with Crippen molar-refractivity contribution in [2.24, 2.45) is 7.05 Å². The van der Waals surface area contributed by atoms with Gasteiger partial charge in [0.05, 0.1) is 38.0 Å². The van der Waals surface area contributed by atoms with Crippen molar-refractivity contribution in [3.05, 3.63) is 58.0 Å². The average Bonchev–Trinajstić information content (AvgIpc) is 2.92. The largest absolute Gasteiger partial charge is 0.496 e. The molecule has 0 aliphatic carbocycles. The third-order valence-corrected chi connectivity index (χ3v) is 5.25. The number of imidazole rings is 1. The van der Waals surface area contributed by atoms with Crippen LogP contribution >= 0.6 is 0 Å². The summed E-state index contributed by atoms with van der Waals surface area (Å²) in [6.07, 6.45) is -0.718. The molecule has 0 fully saturated rings. The maximum Gasteiger partial charge on any atom is 0.329 e. The van der Waals surface area contributed by atoms with Gasteiger partial charge in [0.1, 0.15) is 11.5 Å². The summed E-state index contributed by atoms with van der Waals surface area (Å²) in [5.74, 6) is 1.36. The average molecular weight is 369 g/mol. The number of aromatic nitrogens is 2. The summed E-state index contributed by atoms with van der Waals surface area (Å²) in [6.45, 7) is 1.35. The zero-order chi connectivity index (χ0) is 19.1. The van der Waals surface area contributed by atoms with Crippen LogP contribution in [0.4, 0.5) is 0 Å². The number of aryl methyl sites for hydroxylation is 1. The number of β-amino-alcohol motifs (C(OH)–C–C–N with tert-alkyl or cyclic N) is 1. The topological polar surface area (TPSA) is 68.9 Å². The molecule has 3 aromatic rings. The van der Waals surface area contributed by atoms with E-state index in [1.165, 1.54) is 0 Å². The highest BCUT2D eigenvalue weighted by Gasteiger charge is 2.30. The smallest absolute Gasteiger partial charge is 0.329 e. The molecule has 2 heterocycles. The fourth-order valence-corrected chi connectivity index (χ4v) is 3.95. The number of para-hydroxylation sites is 2. The maximum atomic E-state index is 12.7. The van der Waals surface area contributed by atoms with E-state index in [1.807, 2.05) is 41.3 Å². The van der Waals surface area contributed by atoms with Crippen LogP contribution in [-0.2, 0) is 20.3 Å². The van der Waals surface area contributed by atoms with Crippen LogP contribution in [0.25, 0.3) is 11.0 Å². The number of nitrogens with zero attached hydrogens (tertiary/aromatic N) is 3. The molecule has 7 heteroatoms. The molecule has 0 radical (unpaired) electrons. The summed E-state index contributed by atoms with van der Waals surface area (Å²) < 4.78 is 14.3. The van der Waals surface area contributed by atoms with Crippen molar-refractivity contribution in [2.75, 3.05) is 20.8 Å². The number of aliphatic hydroxyl groups excluding tert-OH is 1. The van der Waals surface area contributed by atoms with Gasteiger partial charge in [-0.25, -0.2) is 4.79 Å². The quantitative estimate of drug-likeness (QED) is 0.760. The first-order valence-corrected chi connectivity index (χ1v) is 8.83. The highest BCUT2D eigenvalue weighted by atomic mass is 16.5. The van der Waals surface area contributed by atoms with Crippen LogP contribution < -0.4 is 15.2 Å². The summed E-state index contributed by atoms with van der Waals surface area (Å²) >= 11 is 0. The van der Waals surface area contributed by atoms with Crippen LogP contribution in [0, 0.1) is 0 Å². The molecule has 0 saturated heterocycles. The molecule has 1 aliphatic rings. The third-order valence-electron chi connectivity index (χ3n) is 5.25. The Morgan fingerprint density at radius 3 is 2.44 bits per heavy atom. The van der Waals surface area contributed by atoms with Crippen molar-refractivity contribution in [1.82, 2.24) is 14.0 Å². The number of aliphatic hydroxyl groups is 1. The van der Waals surface area contributed by atoms with Crippen molar-refractivity contribution in [3.8, 4) is 11.5 Å². The minimum atomic E-state index is -0.718. The van der Waals surface area contributed by atoms with E-state index in [0.717, 1.165) is 22.2 Å². The van der Waals surface area contributed by atoms with Crippen LogP contribution in [0.2, 0.25) is 0 Å². The fourth-order valence-electron chi connectivity index (χ4n) is 3.95. The molecule has 4 rings (SSSR count). The lowest BCUT2D eigenvalue weighted by molar-refractivity contribution is 0.0705. The van der Waals surface area contributed by atoms with Crippen molar-refractivity contribution >= 4 is 11.0 Å². The molecular weight excluding hydrogens is 346 g/mol. The zero-order valence-corrected chi connectivity index (χ0v) is 15.7. The molecule has 0 amide bonds. The van der Waals surface area contributed by atoms with Gasteiger partial charge >= 0.3 is 5.69 Å². The first-order valence-electron chi connectivity index (χ1n) is 8.83. The number of rotatable bonds is 4. The Morgan fingerprint density at radius 2 is 1.74 bits per heavy atom. The SMILES string of the molecule is COc1ccc(OC)c2c1CN(Cn1c(=O)n(C)c3ccccc31)C[C@H]2O. The molecular formula is C20H23N3O4. The van der Waals surface area contributed by atoms with E-state index in [-0.39, 0.29) is 5.69 Å². The van der Waals surface area contributed by atoms with Gasteiger partial charge in [0.15, 0.2) is 0 Å². The van der Waals surface area contributed by atoms with Gasteiger partial charge in [0, 0.05) is 31.3 Å². The molecule has 0 spiro atoms. The number of hydrogen-bond acceptors (Lipinski definition) is 5. The number of ether oxygens (including phenoxy) is 2. The number of hydrogen-bond donors (Lipinski definition) is 1. The molecule has 0 unspecified atom stereocenters. The second-order valence-corrected chi connectivity index (χ2v) is 6.79. The van der Waals surface area contributed by atoms with Gasteiger partial charge in [-0.1, -0.05) is 12.1 Å². The molecule has 0 bridgehead atoms. The summed E-state index contributed by atoms with van der Waals surface area (Å²) in [4.78, 5) is 14.7. The van der Waals surface area contributed by atoms with Crippen molar-refractivity contribution in [2.45, 2.75) is 19.3 Å². The number of methoxy groups -OCH3 is 2. The molecule has 1 N–H and O–H groups in total. The molecule has 27 heavy (non-hydrogen) atoms. The van der Waals surface area contributed by atoms with Gasteiger partial charge in [-0.15, -0.1) is 0 Å². The predicted molar refractivity (Wildman–Crippen MR) is 102 cm³/mol. The molecule has 0 saturated carbocycles. The van der Waals surface area contributed by atoms with Crippen molar-refractivity contribution in [1.29, 1.82) is 0 Å². The minimum absolute atomic E-state index is 0.0749. The minimum Gasteiger partial charge on any atom is -0.496 e. The third kappa shape index (κ3) is 2.79. The summed E-state index contributed by atoms with van der Waals surface area (Å²) in [6, 6.07) is 11.4. The van der Waals surface area contributed by atoms with Crippen LogP contribution in [-0.4, -0.2) is 39.9 Å². The summed E-state index contributed by atoms with van der Waals surface area (Å²) in [5, 5.41) is 10.8. The molecule has 1 aromatic heterocycles. The highest BCUT2D eigenvalue weighted by Crippen LogP contribution is 2.39. The predicted octanol–water partition coefficient (Wildman–Crippen LogP) is 1.86. The molecule has 142 valence electrons. The first-order chi connectivity index (χ1) is 13.0. The Hall–Kier alpha value is -2.77. The van der Waals surface area contributed by atoms with E-state index in [2.05, 4.69) is 0 Å². The van der Waals surface area contributed by atoms with Crippen LogP contribution in [0.5, 0.6) is 11.5 Å². The Labute approximate surface area is 157 Å². The second kappa shape index (κ2) is 6.75. The molecule has 2 aromatic carbocycles. The Morgan fingerprint density at radius 1 is 1.07 bits per heavy atom. The van der Waals surface area contributed by atoms with Gasteiger partial charge in [0.2, 0.25) is 0 Å². The highest BCUT2D eigenvalue weighted by molar-refractivity contribution is 5.75. The number of benzene rings is 2. The van der Waals surface area contributed by atoms with Gasteiger partial charge < -0.3 is 14.6 Å². The van der Waals surface area contributed by atoms with Gasteiger partial charge in [-0.05, 0) is 24.3 Å². The zero-order valence-electron chi connectivity index (χ0n) is 15.7. The lowest BCUT2D eigenvalue weighted by Gasteiger charge is -2.34. The molecule has 1 aliphatic heterocycles. The summed E-state index contributed by atoms with van der Waals surface area (Å²) in [7, 11) is 4.98. The van der Waals surface area contributed by atoms with Crippen LogP contribution in [0.3, 0.4) is 0 Å².